The molecule has 1 aromatic heterocycles. The lowest BCUT2D eigenvalue weighted by Crippen LogP contribution is -2.10. The van der Waals surface area contributed by atoms with E-state index < -0.39 is 0 Å². The summed E-state index contributed by atoms with van der Waals surface area (Å²) in [6.07, 6.45) is 8.08. The third-order valence-corrected chi connectivity index (χ3v) is 3.42. The molecule has 0 unspecified atom stereocenters. The Morgan fingerprint density at radius 2 is 1.89 bits per heavy atom. The minimum Gasteiger partial charge on any atom is -0.370 e. The molecule has 1 aliphatic carbocycles. The van der Waals surface area contributed by atoms with Crippen molar-refractivity contribution in [2.45, 2.75) is 46.0 Å². The van der Waals surface area contributed by atoms with Crippen LogP contribution in [0.25, 0.3) is 0 Å². The van der Waals surface area contributed by atoms with Crippen molar-refractivity contribution >= 4 is 11.6 Å². The van der Waals surface area contributed by atoms with Gasteiger partial charge in [0.2, 0.25) is 0 Å². The monoisotopic (exact) mass is 248 g/mol. The molecule has 0 amide bonds. The molecule has 0 radical (unpaired) electrons. The molecule has 0 aliphatic heterocycles. The zero-order valence-corrected chi connectivity index (χ0v) is 11.5. The summed E-state index contributed by atoms with van der Waals surface area (Å²) in [6, 6.07) is 0. The first kappa shape index (κ1) is 13.1. The Morgan fingerprint density at radius 1 is 1.17 bits per heavy atom. The number of nitrogens with one attached hydrogen (secondary N) is 2. The van der Waals surface area contributed by atoms with Crippen LogP contribution in [-0.2, 0) is 6.42 Å². The van der Waals surface area contributed by atoms with Crippen LogP contribution < -0.4 is 10.6 Å². The lowest BCUT2D eigenvalue weighted by Gasteiger charge is -2.13. The standard InChI is InChI=1S/C14H24N4/c1-3-12-13(15-4-2)17-10-18-14(12)16-9-5-6-11-7-8-11/h10-11H,3-9H2,1-2H3,(H2,15,16,17,18). The van der Waals surface area contributed by atoms with Crippen molar-refractivity contribution < 1.29 is 0 Å². The molecular formula is C14H24N4. The average molecular weight is 248 g/mol. The molecule has 1 fully saturated rings. The van der Waals surface area contributed by atoms with Crippen LogP contribution in [0.3, 0.4) is 0 Å². The molecule has 18 heavy (non-hydrogen) atoms. The Kier molecular flexibility index (Phi) is 4.79. The second-order valence-corrected chi connectivity index (χ2v) is 4.95. The third kappa shape index (κ3) is 3.59. The van der Waals surface area contributed by atoms with Gasteiger partial charge in [0.15, 0.2) is 0 Å². The smallest absolute Gasteiger partial charge is 0.134 e. The van der Waals surface area contributed by atoms with Crippen molar-refractivity contribution in [1.29, 1.82) is 0 Å². The Balaban J connectivity index is 1.90. The number of anilines is 2. The maximum atomic E-state index is 4.36. The van der Waals surface area contributed by atoms with E-state index in [1.165, 1.54) is 31.2 Å². The lowest BCUT2D eigenvalue weighted by atomic mass is 10.2. The van der Waals surface area contributed by atoms with Crippen LogP contribution in [0.2, 0.25) is 0 Å². The highest BCUT2D eigenvalue weighted by atomic mass is 15.1. The van der Waals surface area contributed by atoms with E-state index in [1.54, 1.807) is 6.33 Å². The maximum absolute atomic E-state index is 4.36. The molecule has 1 saturated carbocycles. The highest BCUT2D eigenvalue weighted by Gasteiger charge is 2.20. The fourth-order valence-electron chi connectivity index (χ4n) is 2.22. The molecule has 1 aliphatic rings. The van der Waals surface area contributed by atoms with Crippen molar-refractivity contribution in [3.63, 3.8) is 0 Å². The minimum absolute atomic E-state index is 0.894. The summed E-state index contributed by atoms with van der Waals surface area (Å²) in [5.41, 5.74) is 1.20. The normalized spacial score (nSPS) is 14.6. The lowest BCUT2D eigenvalue weighted by molar-refractivity contribution is 0.686. The van der Waals surface area contributed by atoms with Gasteiger partial charge < -0.3 is 10.6 Å². The Morgan fingerprint density at radius 3 is 2.50 bits per heavy atom. The number of aromatic nitrogens is 2. The quantitative estimate of drug-likeness (QED) is 0.694. The second kappa shape index (κ2) is 6.57. The van der Waals surface area contributed by atoms with E-state index in [2.05, 4.69) is 34.4 Å². The number of hydrogen-bond donors (Lipinski definition) is 2. The van der Waals surface area contributed by atoms with Crippen molar-refractivity contribution in [3.05, 3.63) is 11.9 Å². The van der Waals surface area contributed by atoms with Gasteiger partial charge in [-0.25, -0.2) is 9.97 Å². The van der Waals surface area contributed by atoms with E-state index in [-0.39, 0.29) is 0 Å². The van der Waals surface area contributed by atoms with E-state index in [9.17, 15) is 0 Å². The van der Waals surface area contributed by atoms with Crippen molar-refractivity contribution in [3.8, 4) is 0 Å². The zero-order valence-electron chi connectivity index (χ0n) is 11.5. The molecule has 0 saturated heterocycles. The van der Waals surface area contributed by atoms with Crippen LogP contribution in [0.1, 0.15) is 45.1 Å². The van der Waals surface area contributed by atoms with Crippen molar-refractivity contribution in [2.75, 3.05) is 23.7 Å². The van der Waals surface area contributed by atoms with Crippen LogP contribution in [-0.4, -0.2) is 23.1 Å². The molecule has 2 N–H and O–H groups in total. The summed E-state index contributed by atoms with van der Waals surface area (Å²) >= 11 is 0. The molecule has 0 aromatic carbocycles. The van der Waals surface area contributed by atoms with Gasteiger partial charge in [-0.1, -0.05) is 19.8 Å². The maximum Gasteiger partial charge on any atom is 0.134 e. The summed E-state index contributed by atoms with van der Waals surface area (Å²) in [4.78, 5) is 8.67. The Hall–Kier alpha value is -1.32. The summed E-state index contributed by atoms with van der Waals surface area (Å²) in [7, 11) is 0. The first-order valence-electron chi connectivity index (χ1n) is 7.16. The SMILES string of the molecule is CCNc1ncnc(NCCCC2CC2)c1CC. The minimum atomic E-state index is 0.894. The molecular weight excluding hydrogens is 224 g/mol. The van der Waals surface area contributed by atoms with Crippen LogP contribution in [0, 0.1) is 5.92 Å². The largest absolute Gasteiger partial charge is 0.370 e. The van der Waals surface area contributed by atoms with Gasteiger partial charge in [-0.2, -0.15) is 0 Å². The van der Waals surface area contributed by atoms with Gasteiger partial charge in [0.05, 0.1) is 0 Å². The number of rotatable bonds is 8. The molecule has 1 aromatic rings. The fourth-order valence-corrected chi connectivity index (χ4v) is 2.22. The number of hydrogen-bond acceptors (Lipinski definition) is 4. The molecule has 4 nitrogen and oxygen atoms in total. The van der Waals surface area contributed by atoms with Gasteiger partial charge in [-0.05, 0) is 32.1 Å². The summed E-state index contributed by atoms with van der Waals surface area (Å²) in [5, 5.41) is 6.75. The molecule has 0 spiro atoms. The van der Waals surface area contributed by atoms with E-state index in [0.717, 1.165) is 37.1 Å². The van der Waals surface area contributed by atoms with Gasteiger partial charge >= 0.3 is 0 Å². The molecule has 100 valence electrons. The fraction of sp³-hybridized carbons (Fsp3) is 0.714. The first-order valence-corrected chi connectivity index (χ1v) is 7.16. The van der Waals surface area contributed by atoms with E-state index in [4.69, 9.17) is 0 Å². The van der Waals surface area contributed by atoms with Crippen LogP contribution in [0.15, 0.2) is 6.33 Å². The zero-order chi connectivity index (χ0) is 12.8. The van der Waals surface area contributed by atoms with Gasteiger partial charge in [0.25, 0.3) is 0 Å². The molecule has 4 heteroatoms. The Labute approximate surface area is 110 Å². The summed E-state index contributed by atoms with van der Waals surface area (Å²) in [6.45, 7) is 6.15. The van der Waals surface area contributed by atoms with Gasteiger partial charge in [-0.15, -0.1) is 0 Å². The molecule has 0 atom stereocenters. The van der Waals surface area contributed by atoms with E-state index >= 15 is 0 Å². The average Bonchev–Trinajstić information content (AvgIpc) is 3.19. The van der Waals surface area contributed by atoms with Crippen molar-refractivity contribution in [2.24, 2.45) is 5.92 Å². The van der Waals surface area contributed by atoms with Crippen LogP contribution in [0.5, 0.6) is 0 Å². The summed E-state index contributed by atoms with van der Waals surface area (Å²) in [5.74, 6) is 2.99. The predicted octanol–water partition coefficient (Wildman–Crippen LogP) is 3.07. The molecule has 0 bridgehead atoms. The second-order valence-electron chi connectivity index (χ2n) is 4.95. The van der Waals surface area contributed by atoms with Crippen molar-refractivity contribution in [1.82, 2.24) is 9.97 Å². The summed E-state index contributed by atoms with van der Waals surface area (Å²) < 4.78 is 0. The Bertz CT molecular complexity index is 374. The topological polar surface area (TPSA) is 49.8 Å². The van der Waals surface area contributed by atoms with Gasteiger partial charge in [-0.3, -0.25) is 0 Å². The van der Waals surface area contributed by atoms with E-state index in [1.807, 2.05) is 0 Å². The first-order chi connectivity index (χ1) is 8.85. The highest BCUT2D eigenvalue weighted by Crippen LogP contribution is 2.33. The van der Waals surface area contributed by atoms with Gasteiger partial charge in [0, 0.05) is 18.7 Å². The molecule has 1 heterocycles. The predicted molar refractivity (Wildman–Crippen MR) is 76.0 cm³/mol. The van der Waals surface area contributed by atoms with Crippen LogP contribution in [0.4, 0.5) is 11.6 Å². The van der Waals surface area contributed by atoms with Crippen LogP contribution >= 0.6 is 0 Å². The highest BCUT2D eigenvalue weighted by molar-refractivity contribution is 5.57. The number of nitrogens with zero attached hydrogens (tertiary/aromatic N) is 2. The van der Waals surface area contributed by atoms with Gasteiger partial charge in [0.1, 0.15) is 18.0 Å². The third-order valence-electron chi connectivity index (χ3n) is 3.42. The molecule has 2 rings (SSSR count). The van der Waals surface area contributed by atoms with E-state index in [0.29, 0.717) is 0 Å².